The number of carbonyl (C=O) groups excluding carboxylic acids is 1. The van der Waals surface area contributed by atoms with Crippen molar-refractivity contribution in [2.45, 2.75) is 130 Å². The Balaban J connectivity index is 3.92. The van der Waals surface area contributed by atoms with Crippen molar-refractivity contribution < 1.29 is 9.53 Å². The van der Waals surface area contributed by atoms with Crippen molar-refractivity contribution in [1.82, 2.24) is 4.90 Å². The second-order valence-corrected chi connectivity index (χ2v) is 9.11. The van der Waals surface area contributed by atoms with E-state index in [1.807, 2.05) is 13.8 Å². The van der Waals surface area contributed by atoms with Gasteiger partial charge >= 0.3 is 5.97 Å². The fourth-order valence-corrected chi connectivity index (χ4v) is 3.72. The average Bonchev–Trinajstić information content (AvgIpc) is 2.71. The van der Waals surface area contributed by atoms with Crippen LogP contribution in [0.3, 0.4) is 0 Å². The van der Waals surface area contributed by atoms with Crippen LogP contribution in [-0.2, 0) is 9.53 Å². The first-order valence-electron chi connectivity index (χ1n) is 13.0. The van der Waals surface area contributed by atoms with Gasteiger partial charge in [0, 0.05) is 6.54 Å². The van der Waals surface area contributed by atoms with E-state index in [1.54, 1.807) is 0 Å². The van der Waals surface area contributed by atoms with Gasteiger partial charge in [0.15, 0.2) is 0 Å². The molecule has 0 aromatic rings. The lowest BCUT2D eigenvalue weighted by atomic mass is 10.1. The zero-order chi connectivity index (χ0) is 21.6. The summed E-state index contributed by atoms with van der Waals surface area (Å²) >= 11 is 0. The normalized spacial score (nSPS) is 11.5. The zero-order valence-corrected chi connectivity index (χ0v) is 20.5. The highest BCUT2D eigenvalue weighted by molar-refractivity contribution is 5.71. The third kappa shape index (κ3) is 20.5. The SMILES string of the molecule is CCCCCCCCCCN(CCCCCCCCCC)CCOC(=O)C(C)C. The van der Waals surface area contributed by atoms with Crippen molar-refractivity contribution >= 4 is 5.97 Å². The van der Waals surface area contributed by atoms with Gasteiger partial charge in [0.2, 0.25) is 0 Å². The summed E-state index contributed by atoms with van der Waals surface area (Å²) in [4.78, 5) is 14.2. The molecule has 0 rings (SSSR count). The minimum atomic E-state index is -0.0656. The van der Waals surface area contributed by atoms with Gasteiger partial charge in [-0.3, -0.25) is 9.69 Å². The van der Waals surface area contributed by atoms with Crippen LogP contribution in [0.5, 0.6) is 0 Å². The van der Waals surface area contributed by atoms with E-state index in [-0.39, 0.29) is 11.9 Å². The smallest absolute Gasteiger partial charge is 0.308 e. The Hall–Kier alpha value is -0.570. The van der Waals surface area contributed by atoms with Crippen LogP contribution in [0.15, 0.2) is 0 Å². The van der Waals surface area contributed by atoms with Crippen LogP contribution < -0.4 is 0 Å². The predicted molar refractivity (Wildman–Crippen MR) is 127 cm³/mol. The average molecular weight is 412 g/mol. The second-order valence-electron chi connectivity index (χ2n) is 9.11. The first kappa shape index (κ1) is 28.4. The fourth-order valence-electron chi connectivity index (χ4n) is 3.72. The molecule has 0 bridgehead atoms. The lowest BCUT2D eigenvalue weighted by Crippen LogP contribution is -2.31. The van der Waals surface area contributed by atoms with E-state index in [0.29, 0.717) is 6.61 Å². The summed E-state index contributed by atoms with van der Waals surface area (Å²) in [6.07, 6.45) is 21.8. The van der Waals surface area contributed by atoms with Gasteiger partial charge in [0.1, 0.15) is 6.61 Å². The van der Waals surface area contributed by atoms with Crippen LogP contribution in [0.4, 0.5) is 0 Å². The van der Waals surface area contributed by atoms with Crippen molar-refractivity contribution in [3.63, 3.8) is 0 Å². The van der Waals surface area contributed by atoms with Gasteiger partial charge in [-0.25, -0.2) is 0 Å². The van der Waals surface area contributed by atoms with Crippen molar-refractivity contribution in [3.05, 3.63) is 0 Å². The molecule has 0 saturated carbocycles. The topological polar surface area (TPSA) is 29.5 Å². The van der Waals surface area contributed by atoms with Crippen LogP contribution in [0, 0.1) is 5.92 Å². The van der Waals surface area contributed by atoms with Crippen molar-refractivity contribution in [3.8, 4) is 0 Å². The second kappa shape index (κ2) is 22.1. The van der Waals surface area contributed by atoms with Gasteiger partial charge < -0.3 is 4.74 Å². The third-order valence-electron chi connectivity index (χ3n) is 5.78. The molecule has 3 heteroatoms. The highest BCUT2D eigenvalue weighted by Gasteiger charge is 2.10. The molecule has 0 amide bonds. The molecule has 0 aliphatic rings. The number of ether oxygens (including phenoxy) is 1. The molecule has 0 heterocycles. The molecule has 0 aliphatic carbocycles. The number of hydrogen-bond acceptors (Lipinski definition) is 3. The first-order valence-corrected chi connectivity index (χ1v) is 13.0. The van der Waals surface area contributed by atoms with Crippen LogP contribution >= 0.6 is 0 Å². The summed E-state index contributed by atoms with van der Waals surface area (Å²) in [5.41, 5.74) is 0. The van der Waals surface area contributed by atoms with Gasteiger partial charge in [-0.2, -0.15) is 0 Å². The van der Waals surface area contributed by atoms with Gasteiger partial charge in [0.05, 0.1) is 5.92 Å². The molecule has 0 aliphatic heterocycles. The maximum absolute atomic E-state index is 11.7. The Kier molecular flexibility index (Phi) is 21.7. The molecule has 0 spiro atoms. The number of rotatable bonds is 22. The van der Waals surface area contributed by atoms with Gasteiger partial charge in [-0.05, 0) is 25.9 Å². The van der Waals surface area contributed by atoms with E-state index in [2.05, 4.69) is 18.7 Å². The predicted octanol–water partition coefficient (Wildman–Crippen LogP) is 7.77. The molecule has 174 valence electrons. The highest BCUT2D eigenvalue weighted by Crippen LogP contribution is 2.11. The number of carbonyl (C=O) groups is 1. The van der Waals surface area contributed by atoms with Crippen molar-refractivity contribution in [1.29, 1.82) is 0 Å². The first-order chi connectivity index (χ1) is 14.1. The van der Waals surface area contributed by atoms with Crippen LogP contribution in [-0.4, -0.2) is 37.1 Å². The largest absolute Gasteiger partial charge is 0.464 e. The van der Waals surface area contributed by atoms with E-state index < -0.39 is 0 Å². The minimum absolute atomic E-state index is 0.0242. The van der Waals surface area contributed by atoms with E-state index in [4.69, 9.17) is 4.74 Å². The monoisotopic (exact) mass is 411 g/mol. The summed E-state index contributed by atoms with van der Waals surface area (Å²) in [5, 5.41) is 0. The maximum Gasteiger partial charge on any atom is 0.308 e. The van der Waals surface area contributed by atoms with Crippen LogP contribution in [0.25, 0.3) is 0 Å². The quantitative estimate of drug-likeness (QED) is 0.135. The maximum atomic E-state index is 11.7. The zero-order valence-electron chi connectivity index (χ0n) is 20.5. The van der Waals surface area contributed by atoms with Gasteiger partial charge in [0.25, 0.3) is 0 Å². The molecule has 3 nitrogen and oxygen atoms in total. The Bertz CT molecular complexity index is 324. The number of hydrogen-bond donors (Lipinski definition) is 0. The third-order valence-corrected chi connectivity index (χ3v) is 5.78. The minimum Gasteiger partial charge on any atom is -0.464 e. The molecular weight excluding hydrogens is 358 g/mol. The molecule has 0 aromatic carbocycles. The molecule has 0 N–H and O–H groups in total. The van der Waals surface area contributed by atoms with Crippen molar-refractivity contribution in [2.24, 2.45) is 5.92 Å². The van der Waals surface area contributed by atoms with E-state index in [9.17, 15) is 4.79 Å². The van der Waals surface area contributed by atoms with Crippen LogP contribution in [0.1, 0.15) is 130 Å². The summed E-state index contributed by atoms with van der Waals surface area (Å²) in [6, 6.07) is 0. The van der Waals surface area contributed by atoms with Crippen LogP contribution in [0.2, 0.25) is 0 Å². The highest BCUT2D eigenvalue weighted by atomic mass is 16.5. The lowest BCUT2D eigenvalue weighted by Gasteiger charge is -2.22. The Morgan fingerprint density at radius 1 is 0.621 bits per heavy atom. The molecular formula is C26H53NO2. The van der Waals surface area contributed by atoms with E-state index >= 15 is 0 Å². The molecule has 0 aromatic heterocycles. The Morgan fingerprint density at radius 2 is 1.00 bits per heavy atom. The molecule has 0 atom stereocenters. The molecule has 0 unspecified atom stereocenters. The summed E-state index contributed by atoms with van der Waals surface area (Å²) in [5.74, 6) is -0.0898. The summed E-state index contributed by atoms with van der Waals surface area (Å²) < 4.78 is 5.42. The molecule has 0 saturated heterocycles. The molecule has 0 fully saturated rings. The van der Waals surface area contributed by atoms with E-state index in [0.717, 1.165) is 19.6 Å². The van der Waals surface area contributed by atoms with E-state index in [1.165, 1.54) is 103 Å². The van der Waals surface area contributed by atoms with Gasteiger partial charge in [-0.15, -0.1) is 0 Å². The summed E-state index contributed by atoms with van der Waals surface area (Å²) in [7, 11) is 0. The Morgan fingerprint density at radius 3 is 1.38 bits per heavy atom. The summed E-state index contributed by atoms with van der Waals surface area (Å²) in [6.45, 7) is 12.1. The Labute approximate surface area is 183 Å². The van der Waals surface area contributed by atoms with Crippen molar-refractivity contribution in [2.75, 3.05) is 26.2 Å². The number of unbranched alkanes of at least 4 members (excludes halogenated alkanes) is 14. The number of nitrogens with zero attached hydrogens (tertiary/aromatic N) is 1. The molecule has 29 heavy (non-hydrogen) atoms. The lowest BCUT2D eigenvalue weighted by molar-refractivity contribution is -0.147. The number of esters is 1. The van der Waals surface area contributed by atoms with Gasteiger partial charge in [-0.1, -0.05) is 118 Å². The molecule has 0 radical (unpaired) electrons. The standard InChI is InChI=1S/C26H53NO2/c1-5-7-9-11-13-15-17-19-21-27(23-24-29-26(28)25(3)4)22-20-18-16-14-12-10-8-6-2/h25H,5-24H2,1-4H3. The fraction of sp³-hybridized carbons (Fsp3) is 0.962.